The van der Waals surface area contributed by atoms with Crippen molar-refractivity contribution in [3.05, 3.63) is 23.3 Å². The molecule has 0 fully saturated rings. The van der Waals surface area contributed by atoms with Crippen LogP contribution >= 0.6 is 0 Å². The van der Waals surface area contributed by atoms with E-state index in [4.69, 9.17) is 9.47 Å². The molecule has 15 heavy (non-hydrogen) atoms. The topological polar surface area (TPSA) is 52.6 Å². The summed E-state index contributed by atoms with van der Waals surface area (Å²) in [5.74, 6) is 0.190. The molecule has 0 unspecified atom stereocenters. The number of fused-ring (bicyclic) bond motifs is 1. The standard InChI is InChI=1S/C11H10O4/c1-14-9-4-3-6-7(11(9)15-2)5-8(12)10(6)13/h3-4H,5H2,1-2H3. The van der Waals surface area contributed by atoms with Gasteiger partial charge in [-0.1, -0.05) is 0 Å². The first kappa shape index (κ1) is 9.71. The van der Waals surface area contributed by atoms with Crippen molar-refractivity contribution in [3.8, 4) is 11.5 Å². The number of hydrogen-bond acceptors (Lipinski definition) is 4. The van der Waals surface area contributed by atoms with E-state index in [9.17, 15) is 9.59 Å². The zero-order chi connectivity index (χ0) is 11.0. The van der Waals surface area contributed by atoms with Gasteiger partial charge in [-0.15, -0.1) is 0 Å². The second-order valence-corrected chi connectivity index (χ2v) is 3.26. The minimum atomic E-state index is -0.439. The molecule has 78 valence electrons. The molecular formula is C11H10O4. The van der Waals surface area contributed by atoms with Gasteiger partial charge in [0, 0.05) is 17.5 Å². The van der Waals surface area contributed by atoms with Crippen LogP contribution < -0.4 is 9.47 Å². The van der Waals surface area contributed by atoms with Crippen molar-refractivity contribution in [3.63, 3.8) is 0 Å². The lowest BCUT2D eigenvalue weighted by atomic mass is 10.1. The smallest absolute Gasteiger partial charge is 0.229 e. The molecule has 0 atom stereocenters. The molecule has 0 radical (unpaired) electrons. The molecule has 1 aromatic carbocycles. The minimum Gasteiger partial charge on any atom is -0.493 e. The quantitative estimate of drug-likeness (QED) is 0.678. The molecule has 1 aliphatic rings. The summed E-state index contributed by atoms with van der Waals surface area (Å²) >= 11 is 0. The maximum Gasteiger partial charge on any atom is 0.229 e. The Bertz CT molecular complexity index is 448. The van der Waals surface area contributed by atoms with E-state index in [2.05, 4.69) is 0 Å². The van der Waals surface area contributed by atoms with Crippen LogP contribution in [0.15, 0.2) is 12.1 Å². The van der Waals surface area contributed by atoms with Gasteiger partial charge >= 0.3 is 0 Å². The molecule has 0 spiro atoms. The fourth-order valence-electron chi connectivity index (χ4n) is 1.77. The average molecular weight is 206 g/mol. The van der Waals surface area contributed by atoms with E-state index in [1.165, 1.54) is 14.2 Å². The van der Waals surface area contributed by atoms with Crippen LogP contribution in [0.4, 0.5) is 0 Å². The summed E-state index contributed by atoms with van der Waals surface area (Å²) in [4.78, 5) is 22.7. The highest BCUT2D eigenvalue weighted by Gasteiger charge is 2.32. The normalized spacial score (nSPS) is 14.0. The fraction of sp³-hybridized carbons (Fsp3) is 0.273. The molecule has 0 amide bonds. The Hall–Kier alpha value is -1.84. The Morgan fingerprint density at radius 3 is 2.47 bits per heavy atom. The highest BCUT2D eigenvalue weighted by atomic mass is 16.5. The van der Waals surface area contributed by atoms with E-state index in [0.717, 1.165) is 0 Å². The minimum absolute atomic E-state index is 0.106. The summed E-state index contributed by atoms with van der Waals surface area (Å²) in [7, 11) is 3.01. The number of methoxy groups -OCH3 is 2. The first-order valence-corrected chi connectivity index (χ1v) is 4.50. The Morgan fingerprint density at radius 1 is 1.13 bits per heavy atom. The zero-order valence-corrected chi connectivity index (χ0v) is 8.49. The third-order valence-corrected chi connectivity index (χ3v) is 2.48. The molecule has 0 N–H and O–H groups in total. The van der Waals surface area contributed by atoms with Gasteiger partial charge in [-0.3, -0.25) is 9.59 Å². The van der Waals surface area contributed by atoms with Crippen LogP contribution in [0.1, 0.15) is 15.9 Å². The van der Waals surface area contributed by atoms with Gasteiger partial charge in [0.05, 0.1) is 14.2 Å². The first-order chi connectivity index (χ1) is 7.19. The van der Waals surface area contributed by atoms with E-state index in [0.29, 0.717) is 22.6 Å². The summed E-state index contributed by atoms with van der Waals surface area (Å²) in [5, 5.41) is 0. The fourth-order valence-corrected chi connectivity index (χ4v) is 1.77. The van der Waals surface area contributed by atoms with Crippen molar-refractivity contribution in [1.29, 1.82) is 0 Å². The molecule has 0 aliphatic heterocycles. The van der Waals surface area contributed by atoms with Crippen molar-refractivity contribution < 1.29 is 19.1 Å². The molecule has 2 rings (SSSR count). The summed E-state index contributed by atoms with van der Waals surface area (Å²) in [6.45, 7) is 0. The van der Waals surface area contributed by atoms with Crippen molar-refractivity contribution in [1.82, 2.24) is 0 Å². The van der Waals surface area contributed by atoms with E-state index in [-0.39, 0.29) is 6.42 Å². The van der Waals surface area contributed by atoms with Crippen LogP contribution in [-0.4, -0.2) is 25.8 Å². The second-order valence-electron chi connectivity index (χ2n) is 3.26. The maximum absolute atomic E-state index is 11.4. The summed E-state index contributed by atoms with van der Waals surface area (Å²) < 4.78 is 10.2. The van der Waals surface area contributed by atoms with Crippen LogP contribution in [0.2, 0.25) is 0 Å². The number of Topliss-reactive ketones (excluding diaryl/α,β-unsaturated/α-hetero) is 2. The molecule has 0 bridgehead atoms. The number of carbonyl (C=O) groups excluding carboxylic acids is 2. The van der Waals surface area contributed by atoms with Crippen molar-refractivity contribution in [2.45, 2.75) is 6.42 Å². The zero-order valence-electron chi connectivity index (χ0n) is 8.49. The SMILES string of the molecule is COc1ccc2c(c1OC)CC(=O)C2=O. The molecule has 0 aromatic heterocycles. The van der Waals surface area contributed by atoms with E-state index >= 15 is 0 Å². The Kier molecular flexibility index (Phi) is 2.19. The van der Waals surface area contributed by atoms with Crippen molar-refractivity contribution in [2.75, 3.05) is 14.2 Å². The van der Waals surface area contributed by atoms with Gasteiger partial charge in [0.15, 0.2) is 11.5 Å². The Labute approximate surface area is 86.8 Å². The second kappa shape index (κ2) is 3.38. The molecule has 0 heterocycles. The van der Waals surface area contributed by atoms with Crippen molar-refractivity contribution in [2.24, 2.45) is 0 Å². The van der Waals surface area contributed by atoms with Gasteiger partial charge in [-0.25, -0.2) is 0 Å². The maximum atomic E-state index is 11.4. The van der Waals surface area contributed by atoms with Gasteiger partial charge in [-0.2, -0.15) is 0 Å². The average Bonchev–Trinajstić information content (AvgIpc) is 2.54. The van der Waals surface area contributed by atoms with Crippen molar-refractivity contribution >= 4 is 11.6 Å². The van der Waals surface area contributed by atoms with Gasteiger partial charge in [0.1, 0.15) is 0 Å². The number of ether oxygens (including phenoxy) is 2. The number of benzene rings is 1. The summed E-state index contributed by atoms with van der Waals surface area (Å²) in [6.07, 6.45) is 0.106. The molecule has 0 saturated carbocycles. The first-order valence-electron chi connectivity index (χ1n) is 4.50. The number of carbonyl (C=O) groups is 2. The van der Waals surface area contributed by atoms with Crippen LogP contribution in [-0.2, 0) is 11.2 Å². The Balaban J connectivity index is 2.64. The molecule has 4 nitrogen and oxygen atoms in total. The lowest BCUT2D eigenvalue weighted by Gasteiger charge is -2.10. The molecule has 1 aliphatic carbocycles. The summed E-state index contributed by atoms with van der Waals surface area (Å²) in [5.41, 5.74) is 1.06. The third kappa shape index (κ3) is 1.29. The highest BCUT2D eigenvalue weighted by Crippen LogP contribution is 2.36. The molecule has 1 aromatic rings. The largest absolute Gasteiger partial charge is 0.493 e. The van der Waals surface area contributed by atoms with E-state index < -0.39 is 11.6 Å². The predicted molar refractivity (Wildman–Crippen MR) is 52.6 cm³/mol. The van der Waals surface area contributed by atoms with Crippen LogP contribution in [0.25, 0.3) is 0 Å². The number of ketones is 2. The van der Waals surface area contributed by atoms with Gasteiger partial charge in [0.2, 0.25) is 11.6 Å². The predicted octanol–water partition coefficient (Wildman–Crippen LogP) is 1.01. The van der Waals surface area contributed by atoms with Gasteiger partial charge < -0.3 is 9.47 Å². The van der Waals surface area contributed by atoms with E-state index in [1.54, 1.807) is 12.1 Å². The lowest BCUT2D eigenvalue weighted by Crippen LogP contribution is -2.05. The Morgan fingerprint density at radius 2 is 1.87 bits per heavy atom. The highest BCUT2D eigenvalue weighted by molar-refractivity contribution is 6.47. The van der Waals surface area contributed by atoms with Gasteiger partial charge in [-0.05, 0) is 12.1 Å². The van der Waals surface area contributed by atoms with Crippen LogP contribution in [0.5, 0.6) is 11.5 Å². The monoisotopic (exact) mass is 206 g/mol. The van der Waals surface area contributed by atoms with E-state index in [1.807, 2.05) is 0 Å². The number of rotatable bonds is 2. The van der Waals surface area contributed by atoms with Gasteiger partial charge in [0.25, 0.3) is 0 Å². The van der Waals surface area contributed by atoms with Crippen LogP contribution in [0.3, 0.4) is 0 Å². The molecular weight excluding hydrogens is 196 g/mol. The lowest BCUT2D eigenvalue weighted by molar-refractivity contribution is -0.114. The number of hydrogen-bond donors (Lipinski definition) is 0. The van der Waals surface area contributed by atoms with Crippen LogP contribution in [0, 0.1) is 0 Å². The summed E-state index contributed by atoms with van der Waals surface area (Å²) in [6, 6.07) is 3.23. The molecule has 4 heteroatoms. The molecule has 0 saturated heterocycles. The third-order valence-electron chi connectivity index (χ3n) is 2.48.